The summed E-state index contributed by atoms with van der Waals surface area (Å²) in [5, 5.41) is 0. The summed E-state index contributed by atoms with van der Waals surface area (Å²) in [6, 6.07) is 8.22. The van der Waals surface area contributed by atoms with Crippen molar-refractivity contribution < 1.29 is 0 Å². The van der Waals surface area contributed by atoms with Crippen molar-refractivity contribution in [3.8, 4) is 11.4 Å². The Hall–Kier alpha value is -1.74. The van der Waals surface area contributed by atoms with Crippen molar-refractivity contribution in [1.82, 2.24) is 9.97 Å². The molecule has 0 saturated heterocycles. The number of nitrogens with two attached hydrogens (primary N) is 1. The van der Waals surface area contributed by atoms with Gasteiger partial charge in [0.1, 0.15) is 0 Å². The van der Waals surface area contributed by atoms with Crippen LogP contribution in [0, 0.1) is 6.92 Å². The van der Waals surface area contributed by atoms with Gasteiger partial charge in [-0.2, -0.15) is 0 Å². The van der Waals surface area contributed by atoms with Crippen molar-refractivity contribution >= 4 is 0 Å². The van der Waals surface area contributed by atoms with E-state index < -0.39 is 0 Å². The second-order valence-corrected chi connectivity index (χ2v) is 4.52. The molecular weight excluding hydrogens is 222 g/mol. The minimum atomic E-state index is 0.763. The van der Waals surface area contributed by atoms with Crippen molar-refractivity contribution in [1.29, 1.82) is 0 Å². The molecule has 0 amide bonds. The highest BCUT2D eigenvalue weighted by molar-refractivity contribution is 5.53. The molecule has 0 atom stereocenters. The first-order chi connectivity index (χ1) is 8.79. The molecule has 2 aromatic rings. The van der Waals surface area contributed by atoms with Gasteiger partial charge < -0.3 is 5.73 Å². The van der Waals surface area contributed by atoms with Gasteiger partial charge in [0.25, 0.3) is 0 Å². The van der Waals surface area contributed by atoms with E-state index in [0.717, 1.165) is 42.8 Å². The second-order valence-electron chi connectivity index (χ2n) is 4.52. The molecule has 0 fully saturated rings. The lowest BCUT2D eigenvalue weighted by Crippen LogP contribution is -1.99. The maximum Gasteiger partial charge on any atom is 0.0886 e. The first kappa shape index (κ1) is 12.7. The Balaban J connectivity index is 2.05. The van der Waals surface area contributed by atoms with Gasteiger partial charge in [-0.25, -0.2) is 0 Å². The van der Waals surface area contributed by atoms with Gasteiger partial charge in [0.2, 0.25) is 0 Å². The molecule has 0 aliphatic rings. The van der Waals surface area contributed by atoms with Crippen LogP contribution in [0.15, 0.2) is 36.7 Å². The van der Waals surface area contributed by atoms with Crippen LogP contribution in [0.4, 0.5) is 0 Å². The maximum absolute atomic E-state index is 5.48. The first-order valence-electron chi connectivity index (χ1n) is 6.37. The normalized spacial score (nSPS) is 10.6. The lowest BCUT2D eigenvalue weighted by Gasteiger charge is -2.03. The Morgan fingerprint density at radius 1 is 0.944 bits per heavy atom. The third-order valence-electron chi connectivity index (χ3n) is 2.92. The minimum Gasteiger partial charge on any atom is -0.330 e. The molecule has 2 aromatic heterocycles. The molecule has 2 rings (SSSR count). The fourth-order valence-corrected chi connectivity index (χ4v) is 1.82. The average molecular weight is 241 g/mol. The van der Waals surface area contributed by atoms with Crippen LogP contribution in [-0.2, 0) is 6.42 Å². The van der Waals surface area contributed by atoms with E-state index in [4.69, 9.17) is 5.73 Å². The lowest BCUT2D eigenvalue weighted by atomic mass is 10.1. The highest BCUT2D eigenvalue weighted by Crippen LogP contribution is 2.15. The molecule has 0 aliphatic heterocycles. The third kappa shape index (κ3) is 3.37. The van der Waals surface area contributed by atoms with E-state index in [1.807, 2.05) is 31.5 Å². The summed E-state index contributed by atoms with van der Waals surface area (Å²) in [6.45, 7) is 2.80. The number of aryl methyl sites for hydroxylation is 2. The van der Waals surface area contributed by atoms with Gasteiger partial charge >= 0.3 is 0 Å². The number of unbranched alkanes of at least 4 members (excludes halogenated alkanes) is 1. The van der Waals surface area contributed by atoms with Crippen molar-refractivity contribution in [2.75, 3.05) is 6.54 Å². The van der Waals surface area contributed by atoms with Gasteiger partial charge in [0, 0.05) is 12.4 Å². The van der Waals surface area contributed by atoms with Gasteiger partial charge in [-0.1, -0.05) is 12.1 Å². The van der Waals surface area contributed by atoms with Gasteiger partial charge in [0.05, 0.1) is 11.4 Å². The summed E-state index contributed by atoms with van der Waals surface area (Å²) in [4.78, 5) is 8.84. The molecule has 0 aromatic carbocycles. The number of pyridine rings is 2. The molecule has 18 heavy (non-hydrogen) atoms. The van der Waals surface area contributed by atoms with Gasteiger partial charge in [-0.3, -0.25) is 9.97 Å². The molecular formula is C15H19N3. The molecule has 3 nitrogen and oxygen atoms in total. The van der Waals surface area contributed by atoms with Crippen LogP contribution in [0.3, 0.4) is 0 Å². The maximum atomic E-state index is 5.48. The predicted octanol–water partition coefficient (Wildman–Crippen LogP) is 2.73. The zero-order chi connectivity index (χ0) is 12.8. The number of nitrogens with zero attached hydrogens (tertiary/aromatic N) is 2. The van der Waals surface area contributed by atoms with Crippen LogP contribution < -0.4 is 5.73 Å². The number of hydrogen-bond donors (Lipinski definition) is 1. The fraction of sp³-hybridized carbons (Fsp3) is 0.333. The zero-order valence-corrected chi connectivity index (χ0v) is 10.8. The molecule has 0 radical (unpaired) electrons. The van der Waals surface area contributed by atoms with E-state index in [1.165, 1.54) is 5.56 Å². The molecule has 0 bridgehead atoms. The van der Waals surface area contributed by atoms with E-state index in [1.54, 1.807) is 0 Å². The average Bonchev–Trinajstić information content (AvgIpc) is 2.41. The Morgan fingerprint density at radius 3 is 2.22 bits per heavy atom. The van der Waals surface area contributed by atoms with Crippen molar-refractivity contribution in [3.63, 3.8) is 0 Å². The van der Waals surface area contributed by atoms with Crippen LogP contribution in [0.2, 0.25) is 0 Å². The molecule has 0 saturated carbocycles. The molecule has 0 unspecified atom stereocenters. The van der Waals surface area contributed by atoms with Crippen LogP contribution in [0.5, 0.6) is 0 Å². The number of rotatable bonds is 5. The highest BCUT2D eigenvalue weighted by atomic mass is 14.8. The summed E-state index contributed by atoms with van der Waals surface area (Å²) < 4.78 is 0. The molecule has 0 spiro atoms. The summed E-state index contributed by atoms with van der Waals surface area (Å²) in [7, 11) is 0. The van der Waals surface area contributed by atoms with Crippen molar-refractivity contribution in [3.05, 3.63) is 47.8 Å². The third-order valence-corrected chi connectivity index (χ3v) is 2.92. The summed E-state index contributed by atoms with van der Waals surface area (Å²) in [5.41, 5.74) is 9.76. The van der Waals surface area contributed by atoms with E-state index >= 15 is 0 Å². The second kappa shape index (κ2) is 6.26. The number of aromatic nitrogens is 2. The Bertz CT molecular complexity index is 474. The molecule has 3 heteroatoms. The Morgan fingerprint density at radius 2 is 1.67 bits per heavy atom. The minimum absolute atomic E-state index is 0.763. The van der Waals surface area contributed by atoms with Gasteiger partial charge in [-0.15, -0.1) is 0 Å². The van der Waals surface area contributed by atoms with Crippen LogP contribution in [0.1, 0.15) is 24.0 Å². The first-order valence-corrected chi connectivity index (χ1v) is 6.37. The van der Waals surface area contributed by atoms with Crippen molar-refractivity contribution in [2.45, 2.75) is 26.2 Å². The SMILES string of the molecule is Cc1ccc(-c2ccc(CCCCN)cn2)nc1. The molecule has 2 heterocycles. The smallest absolute Gasteiger partial charge is 0.0886 e. The number of hydrogen-bond acceptors (Lipinski definition) is 3. The molecule has 94 valence electrons. The topological polar surface area (TPSA) is 51.8 Å². The van der Waals surface area contributed by atoms with E-state index in [9.17, 15) is 0 Å². The largest absolute Gasteiger partial charge is 0.330 e. The standard InChI is InChI=1S/C15H19N3/c1-12-5-7-14(17-10-12)15-8-6-13(11-18-15)4-2-3-9-16/h5-8,10-11H,2-4,9,16H2,1H3. The summed E-state index contributed by atoms with van der Waals surface area (Å²) >= 11 is 0. The van der Waals surface area contributed by atoms with E-state index in [2.05, 4.69) is 22.1 Å². The van der Waals surface area contributed by atoms with Gasteiger partial charge in [-0.05, 0) is 56.0 Å². The van der Waals surface area contributed by atoms with E-state index in [-0.39, 0.29) is 0 Å². The highest BCUT2D eigenvalue weighted by Gasteiger charge is 2.00. The van der Waals surface area contributed by atoms with Crippen LogP contribution in [-0.4, -0.2) is 16.5 Å². The molecule has 2 N–H and O–H groups in total. The fourth-order valence-electron chi connectivity index (χ4n) is 1.82. The Labute approximate surface area is 108 Å². The molecule has 0 aliphatic carbocycles. The quantitative estimate of drug-likeness (QED) is 0.819. The van der Waals surface area contributed by atoms with Crippen molar-refractivity contribution in [2.24, 2.45) is 5.73 Å². The zero-order valence-electron chi connectivity index (χ0n) is 10.8. The van der Waals surface area contributed by atoms with Crippen LogP contribution in [0.25, 0.3) is 11.4 Å². The Kier molecular flexibility index (Phi) is 4.42. The summed E-state index contributed by atoms with van der Waals surface area (Å²) in [6.07, 6.45) is 7.05. The summed E-state index contributed by atoms with van der Waals surface area (Å²) in [5.74, 6) is 0. The van der Waals surface area contributed by atoms with Crippen LogP contribution >= 0.6 is 0 Å². The predicted molar refractivity (Wildman–Crippen MR) is 74.2 cm³/mol. The lowest BCUT2D eigenvalue weighted by molar-refractivity contribution is 0.743. The van der Waals surface area contributed by atoms with E-state index in [0.29, 0.717) is 0 Å². The monoisotopic (exact) mass is 241 g/mol. The van der Waals surface area contributed by atoms with Gasteiger partial charge in [0.15, 0.2) is 0 Å².